The maximum atomic E-state index is 10.0. The maximum absolute atomic E-state index is 10.0. The summed E-state index contributed by atoms with van der Waals surface area (Å²) >= 11 is 0. The van der Waals surface area contributed by atoms with Crippen LogP contribution in [-0.2, 0) is 0 Å². The van der Waals surface area contributed by atoms with E-state index in [2.05, 4.69) is 11.8 Å². The molecular weight excluding hydrogens is 202 g/mol. The standard InChI is InChI=1S/C13H25NO2/c1-2-10-9-14(8-7-12(10)15)11-5-3-4-6-13(11)16/h10-13,15-16H,2-9H2,1H3. The molecule has 0 aromatic rings. The lowest BCUT2D eigenvalue weighted by atomic mass is 9.86. The number of hydrogen-bond acceptors (Lipinski definition) is 3. The molecule has 94 valence electrons. The summed E-state index contributed by atoms with van der Waals surface area (Å²) < 4.78 is 0. The highest BCUT2D eigenvalue weighted by Gasteiger charge is 2.34. The first-order valence-electron chi connectivity index (χ1n) is 6.82. The van der Waals surface area contributed by atoms with Crippen molar-refractivity contribution in [2.45, 2.75) is 63.7 Å². The predicted octanol–water partition coefficient (Wildman–Crippen LogP) is 1.38. The van der Waals surface area contributed by atoms with Gasteiger partial charge in [0.2, 0.25) is 0 Å². The van der Waals surface area contributed by atoms with Gasteiger partial charge in [-0.15, -0.1) is 0 Å². The molecule has 0 spiro atoms. The van der Waals surface area contributed by atoms with Gasteiger partial charge in [-0.25, -0.2) is 0 Å². The Balaban J connectivity index is 1.93. The Labute approximate surface area is 98.5 Å². The molecule has 3 heteroatoms. The van der Waals surface area contributed by atoms with Crippen molar-refractivity contribution >= 4 is 0 Å². The molecule has 0 aromatic heterocycles. The van der Waals surface area contributed by atoms with Gasteiger partial charge in [-0.05, 0) is 31.6 Å². The number of likely N-dealkylation sites (tertiary alicyclic amines) is 1. The molecule has 4 unspecified atom stereocenters. The first-order chi connectivity index (χ1) is 7.72. The first-order valence-corrected chi connectivity index (χ1v) is 6.82. The molecule has 1 aliphatic heterocycles. The van der Waals surface area contributed by atoms with Crippen LogP contribution in [0.15, 0.2) is 0 Å². The highest BCUT2D eigenvalue weighted by molar-refractivity contribution is 4.88. The van der Waals surface area contributed by atoms with Crippen LogP contribution in [0.3, 0.4) is 0 Å². The lowest BCUT2D eigenvalue weighted by molar-refractivity contribution is -0.0378. The summed E-state index contributed by atoms with van der Waals surface area (Å²) in [6.07, 6.45) is 6.17. The van der Waals surface area contributed by atoms with Crippen LogP contribution in [0.25, 0.3) is 0 Å². The zero-order chi connectivity index (χ0) is 11.5. The molecule has 0 amide bonds. The van der Waals surface area contributed by atoms with Crippen LogP contribution in [0.4, 0.5) is 0 Å². The smallest absolute Gasteiger partial charge is 0.0695 e. The van der Waals surface area contributed by atoms with Gasteiger partial charge >= 0.3 is 0 Å². The Morgan fingerprint density at radius 1 is 1.06 bits per heavy atom. The summed E-state index contributed by atoms with van der Waals surface area (Å²) in [4.78, 5) is 2.42. The van der Waals surface area contributed by atoms with Gasteiger partial charge in [-0.1, -0.05) is 19.8 Å². The fourth-order valence-electron chi connectivity index (χ4n) is 3.27. The molecule has 3 nitrogen and oxygen atoms in total. The van der Waals surface area contributed by atoms with Crippen LogP contribution < -0.4 is 0 Å². The van der Waals surface area contributed by atoms with E-state index in [0.29, 0.717) is 12.0 Å². The third-order valence-corrected chi connectivity index (χ3v) is 4.41. The van der Waals surface area contributed by atoms with E-state index in [1.54, 1.807) is 0 Å². The molecule has 1 saturated carbocycles. The first kappa shape index (κ1) is 12.3. The highest BCUT2D eigenvalue weighted by Crippen LogP contribution is 2.28. The minimum atomic E-state index is -0.138. The zero-order valence-corrected chi connectivity index (χ0v) is 10.3. The fraction of sp³-hybridized carbons (Fsp3) is 1.00. The number of nitrogens with zero attached hydrogens (tertiary/aromatic N) is 1. The van der Waals surface area contributed by atoms with Crippen molar-refractivity contribution in [3.8, 4) is 0 Å². The topological polar surface area (TPSA) is 43.7 Å². The molecule has 4 atom stereocenters. The molecule has 2 rings (SSSR count). The van der Waals surface area contributed by atoms with Crippen LogP contribution in [0.1, 0.15) is 45.4 Å². The van der Waals surface area contributed by atoms with Gasteiger partial charge in [0, 0.05) is 19.1 Å². The molecule has 0 aromatic carbocycles. The average Bonchev–Trinajstić information content (AvgIpc) is 2.31. The second-order valence-electron chi connectivity index (χ2n) is 5.44. The van der Waals surface area contributed by atoms with Gasteiger partial charge in [0.25, 0.3) is 0 Å². The molecule has 0 bridgehead atoms. The zero-order valence-electron chi connectivity index (χ0n) is 10.3. The third kappa shape index (κ3) is 2.58. The van der Waals surface area contributed by atoms with Crippen LogP contribution in [-0.4, -0.2) is 46.5 Å². The molecular formula is C13H25NO2. The molecule has 1 heterocycles. The van der Waals surface area contributed by atoms with Crippen molar-refractivity contribution in [1.82, 2.24) is 4.90 Å². The van der Waals surface area contributed by atoms with Crippen molar-refractivity contribution in [1.29, 1.82) is 0 Å². The van der Waals surface area contributed by atoms with E-state index < -0.39 is 0 Å². The lowest BCUT2D eigenvalue weighted by Crippen LogP contribution is -2.52. The normalized spacial score (nSPS) is 42.2. The Hall–Kier alpha value is -0.120. The van der Waals surface area contributed by atoms with E-state index in [4.69, 9.17) is 0 Å². The molecule has 16 heavy (non-hydrogen) atoms. The van der Waals surface area contributed by atoms with E-state index in [1.807, 2.05) is 0 Å². The van der Waals surface area contributed by atoms with Crippen LogP contribution in [0.2, 0.25) is 0 Å². The second-order valence-corrected chi connectivity index (χ2v) is 5.44. The maximum Gasteiger partial charge on any atom is 0.0695 e. The number of rotatable bonds is 2. The molecule has 1 saturated heterocycles. The number of piperidine rings is 1. The summed E-state index contributed by atoms with van der Waals surface area (Å²) in [5, 5.41) is 19.9. The Bertz CT molecular complexity index is 222. The van der Waals surface area contributed by atoms with Crippen molar-refractivity contribution in [3.05, 3.63) is 0 Å². The number of aliphatic hydroxyl groups excluding tert-OH is 2. The number of hydrogen-bond donors (Lipinski definition) is 2. The van der Waals surface area contributed by atoms with Crippen molar-refractivity contribution in [2.75, 3.05) is 13.1 Å². The van der Waals surface area contributed by atoms with Gasteiger partial charge in [0.05, 0.1) is 12.2 Å². The quantitative estimate of drug-likeness (QED) is 0.749. The molecule has 2 aliphatic rings. The summed E-state index contributed by atoms with van der Waals surface area (Å²) in [6, 6.07) is 0.357. The van der Waals surface area contributed by atoms with Gasteiger partial charge in [-0.3, -0.25) is 4.90 Å². The largest absolute Gasteiger partial charge is 0.393 e. The summed E-state index contributed by atoms with van der Waals surface area (Å²) in [7, 11) is 0. The Morgan fingerprint density at radius 2 is 1.81 bits per heavy atom. The van der Waals surface area contributed by atoms with Crippen molar-refractivity contribution < 1.29 is 10.2 Å². The van der Waals surface area contributed by atoms with E-state index in [1.165, 1.54) is 12.8 Å². The van der Waals surface area contributed by atoms with E-state index in [0.717, 1.165) is 38.8 Å². The van der Waals surface area contributed by atoms with E-state index in [9.17, 15) is 10.2 Å². The summed E-state index contributed by atoms with van der Waals surface area (Å²) in [6.45, 7) is 4.08. The molecule has 2 N–H and O–H groups in total. The van der Waals surface area contributed by atoms with Gasteiger partial charge in [-0.2, -0.15) is 0 Å². The van der Waals surface area contributed by atoms with Crippen molar-refractivity contribution in [3.63, 3.8) is 0 Å². The van der Waals surface area contributed by atoms with Crippen LogP contribution in [0.5, 0.6) is 0 Å². The minimum absolute atomic E-state index is 0.123. The van der Waals surface area contributed by atoms with E-state index in [-0.39, 0.29) is 12.2 Å². The Morgan fingerprint density at radius 3 is 2.50 bits per heavy atom. The molecule has 2 fully saturated rings. The lowest BCUT2D eigenvalue weighted by Gasteiger charge is -2.43. The average molecular weight is 227 g/mol. The summed E-state index contributed by atoms with van der Waals surface area (Å²) in [5.41, 5.74) is 0. The van der Waals surface area contributed by atoms with E-state index >= 15 is 0 Å². The Kier molecular flexibility index (Phi) is 4.22. The van der Waals surface area contributed by atoms with Gasteiger partial charge in [0.1, 0.15) is 0 Å². The number of aliphatic hydroxyl groups is 2. The summed E-state index contributed by atoms with van der Waals surface area (Å²) in [5.74, 6) is 0.405. The SMILES string of the molecule is CCC1CN(C2CCCCC2O)CCC1O. The van der Waals surface area contributed by atoms with Crippen LogP contribution >= 0.6 is 0 Å². The third-order valence-electron chi connectivity index (χ3n) is 4.41. The molecule has 0 radical (unpaired) electrons. The minimum Gasteiger partial charge on any atom is -0.393 e. The highest BCUT2D eigenvalue weighted by atomic mass is 16.3. The van der Waals surface area contributed by atoms with Crippen molar-refractivity contribution in [2.24, 2.45) is 5.92 Å². The fourth-order valence-corrected chi connectivity index (χ4v) is 3.27. The van der Waals surface area contributed by atoms with Crippen LogP contribution in [0, 0.1) is 5.92 Å². The molecule has 1 aliphatic carbocycles. The predicted molar refractivity (Wildman–Crippen MR) is 64.2 cm³/mol. The second kappa shape index (κ2) is 5.48. The van der Waals surface area contributed by atoms with Gasteiger partial charge < -0.3 is 10.2 Å². The monoisotopic (exact) mass is 227 g/mol. The van der Waals surface area contributed by atoms with Gasteiger partial charge in [0.15, 0.2) is 0 Å².